The molecule has 154 valence electrons. The lowest BCUT2D eigenvalue weighted by molar-refractivity contribution is -0.121. The minimum atomic E-state index is -0.350. The smallest absolute Gasteiger partial charge is 0.321 e. The van der Waals surface area contributed by atoms with Crippen molar-refractivity contribution in [2.45, 2.75) is 38.3 Å². The van der Waals surface area contributed by atoms with E-state index in [-0.39, 0.29) is 24.5 Å². The molecule has 3 amide bonds. The molecule has 2 N–H and O–H groups in total. The summed E-state index contributed by atoms with van der Waals surface area (Å²) in [6, 6.07) is 14.8. The van der Waals surface area contributed by atoms with Gasteiger partial charge in [0.2, 0.25) is 5.91 Å². The van der Waals surface area contributed by atoms with Gasteiger partial charge in [-0.1, -0.05) is 55.3 Å². The Morgan fingerprint density at radius 2 is 1.59 bits per heavy atom. The Kier molecular flexibility index (Phi) is 6.42. The van der Waals surface area contributed by atoms with E-state index >= 15 is 0 Å². The van der Waals surface area contributed by atoms with Crippen molar-refractivity contribution < 1.29 is 9.59 Å². The Morgan fingerprint density at radius 1 is 0.897 bits per heavy atom. The zero-order chi connectivity index (χ0) is 20.1. The number of carbonyl (C=O) groups is 2. The van der Waals surface area contributed by atoms with Gasteiger partial charge in [0.25, 0.3) is 0 Å². The largest absolute Gasteiger partial charge is 0.335 e. The van der Waals surface area contributed by atoms with Crippen LogP contribution in [0.15, 0.2) is 42.5 Å². The first-order valence-corrected chi connectivity index (χ1v) is 10.7. The van der Waals surface area contributed by atoms with E-state index in [0.29, 0.717) is 0 Å². The molecule has 2 aromatic carbocycles. The second-order valence-electron chi connectivity index (χ2n) is 8.19. The number of urea groups is 1. The lowest BCUT2D eigenvalue weighted by Crippen LogP contribution is -2.51. The highest BCUT2D eigenvalue weighted by atomic mass is 16.2. The monoisotopic (exact) mass is 394 g/mol. The molecule has 4 rings (SSSR count). The minimum Gasteiger partial charge on any atom is -0.335 e. The van der Waals surface area contributed by atoms with Gasteiger partial charge in [0, 0.05) is 38.8 Å². The van der Waals surface area contributed by atoms with Crippen LogP contribution in [0, 0.1) is 0 Å². The zero-order valence-corrected chi connectivity index (χ0v) is 16.9. The summed E-state index contributed by atoms with van der Waals surface area (Å²) >= 11 is 0. The molecule has 1 saturated heterocycles. The van der Waals surface area contributed by atoms with Crippen LogP contribution in [-0.4, -0.2) is 60.5 Å². The van der Waals surface area contributed by atoms with Crippen LogP contribution in [0.4, 0.5) is 4.79 Å². The molecule has 2 fully saturated rings. The van der Waals surface area contributed by atoms with E-state index in [4.69, 9.17) is 0 Å². The molecular weight excluding hydrogens is 364 g/mol. The SMILES string of the molecule is O=C(CN1CCN(Cc2cccc3ccccc23)CC1)NC(=O)NC1CCCC1. The number of fused-ring (bicyclic) bond motifs is 1. The number of hydrogen-bond acceptors (Lipinski definition) is 4. The number of amides is 3. The third-order valence-electron chi connectivity index (χ3n) is 6.05. The Labute approximate surface area is 172 Å². The topological polar surface area (TPSA) is 64.7 Å². The quantitative estimate of drug-likeness (QED) is 0.819. The molecule has 6 nitrogen and oxygen atoms in total. The fourth-order valence-electron chi connectivity index (χ4n) is 4.44. The third kappa shape index (κ3) is 5.34. The van der Waals surface area contributed by atoms with Crippen LogP contribution in [0.25, 0.3) is 10.8 Å². The molecule has 29 heavy (non-hydrogen) atoms. The first kappa shape index (κ1) is 19.9. The molecule has 1 saturated carbocycles. The van der Waals surface area contributed by atoms with Gasteiger partial charge in [-0.05, 0) is 29.2 Å². The van der Waals surface area contributed by atoms with E-state index < -0.39 is 0 Å². The van der Waals surface area contributed by atoms with E-state index in [1.807, 2.05) is 0 Å². The van der Waals surface area contributed by atoms with Crippen molar-refractivity contribution in [3.63, 3.8) is 0 Å². The number of benzene rings is 2. The van der Waals surface area contributed by atoms with E-state index in [1.165, 1.54) is 16.3 Å². The molecule has 1 aliphatic carbocycles. The highest BCUT2D eigenvalue weighted by molar-refractivity contribution is 5.95. The fourth-order valence-corrected chi connectivity index (χ4v) is 4.44. The molecule has 0 spiro atoms. The summed E-state index contributed by atoms with van der Waals surface area (Å²) in [6.07, 6.45) is 4.34. The summed E-state index contributed by atoms with van der Waals surface area (Å²) < 4.78 is 0. The molecule has 0 radical (unpaired) electrons. The summed E-state index contributed by atoms with van der Waals surface area (Å²) in [6.45, 7) is 4.71. The first-order chi connectivity index (χ1) is 14.2. The van der Waals surface area contributed by atoms with Crippen LogP contribution in [0.2, 0.25) is 0 Å². The first-order valence-electron chi connectivity index (χ1n) is 10.7. The fraction of sp³-hybridized carbons (Fsp3) is 0.478. The maximum Gasteiger partial charge on any atom is 0.321 e. The molecule has 0 unspecified atom stereocenters. The van der Waals surface area contributed by atoms with Crippen LogP contribution in [0.5, 0.6) is 0 Å². The highest BCUT2D eigenvalue weighted by Crippen LogP contribution is 2.20. The Bertz CT molecular complexity index is 850. The normalized spacial score (nSPS) is 18.8. The van der Waals surface area contributed by atoms with Crippen LogP contribution < -0.4 is 10.6 Å². The molecular formula is C23H30N4O2. The lowest BCUT2D eigenvalue weighted by atomic mass is 10.0. The van der Waals surface area contributed by atoms with Gasteiger partial charge in [0.15, 0.2) is 0 Å². The van der Waals surface area contributed by atoms with Gasteiger partial charge in [0.1, 0.15) is 0 Å². The number of hydrogen-bond donors (Lipinski definition) is 2. The zero-order valence-electron chi connectivity index (χ0n) is 16.9. The lowest BCUT2D eigenvalue weighted by Gasteiger charge is -2.34. The second-order valence-corrected chi connectivity index (χ2v) is 8.19. The predicted octanol–water partition coefficient (Wildman–Crippen LogP) is 2.73. The highest BCUT2D eigenvalue weighted by Gasteiger charge is 2.22. The summed E-state index contributed by atoms with van der Waals surface area (Å²) in [5.74, 6) is -0.219. The van der Waals surface area contributed by atoms with Crippen LogP contribution in [-0.2, 0) is 11.3 Å². The summed E-state index contributed by atoms with van der Waals surface area (Å²) in [7, 11) is 0. The molecule has 1 heterocycles. The van der Waals surface area contributed by atoms with Crippen LogP contribution in [0.3, 0.4) is 0 Å². The number of piperazine rings is 1. The molecule has 0 bridgehead atoms. The van der Waals surface area contributed by atoms with Gasteiger partial charge >= 0.3 is 6.03 Å². The molecule has 6 heteroatoms. The maximum atomic E-state index is 12.2. The summed E-state index contributed by atoms with van der Waals surface area (Å²) in [5, 5.41) is 7.96. The molecule has 2 aliphatic rings. The average molecular weight is 395 g/mol. The van der Waals surface area contributed by atoms with Crippen molar-refractivity contribution in [3.8, 4) is 0 Å². The number of imide groups is 1. The summed E-state index contributed by atoms with van der Waals surface area (Å²) in [4.78, 5) is 28.7. The summed E-state index contributed by atoms with van der Waals surface area (Å²) in [5.41, 5.74) is 1.35. The van der Waals surface area contributed by atoms with E-state index in [2.05, 4.69) is 62.9 Å². The number of rotatable bonds is 5. The van der Waals surface area contributed by atoms with E-state index in [9.17, 15) is 9.59 Å². The van der Waals surface area contributed by atoms with Gasteiger partial charge < -0.3 is 5.32 Å². The predicted molar refractivity (Wildman–Crippen MR) is 115 cm³/mol. The Morgan fingerprint density at radius 3 is 2.38 bits per heavy atom. The number of nitrogens with one attached hydrogen (secondary N) is 2. The van der Waals surface area contributed by atoms with Gasteiger partial charge in [-0.25, -0.2) is 4.79 Å². The Balaban J connectivity index is 1.22. The van der Waals surface area contributed by atoms with Gasteiger partial charge in [-0.2, -0.15) is 0 Å². The number of nitrogens with zero attached hydrogens (tertiary/aromatic N) is 2. The minimum absolute atomic E-state index is 0.219. The average Bonchev–Trinajstić information content (AvgIpc) is 3.22. The van der Waals surface area contributed by atoms with Crippen molar-refractivity contribution >= 4 is 22.7 Å². The number of carbonyl (C=O) groups excluding carboxylic acids is 2. The van der Waals surface area contributed by atoms with Crippen LogP contribution >= 0.6 is 0 Å². The molecule has 0 atom stereocenters. The molecule has 0 aromatic heterocycles. The van der Waals surface area contributed by atoms with Gasteiger partial charge in [-0.3, -0.25) is 19.9 Å². The third-order valence-corrected chi connectivity index (χ3v) is 6.05. The van der Waals surface area contributed by atoms with Crippen molar-refractivity contribution in [2.24, 2.45) is 0 Å². The van der Waals surface area contributed by atoms with Gasteiger partial charge in [-0.15, -0.1) is 0 Å². The van der Waals surface area contributed by atoms with Gasteiger partial charge in [0.05, 0.1) is 6.54 Å². The van der Waals surface area contributed by atoms with Crippen molar-refractivity contribution in [2.75, 3.05) is 32.7 Å². The van der Waals surface area contributed by atoms with Crippen molar-refractivity contribution in [3.05, 3.63) is 48.0 Å². The van der Waals surface area contributed by atoms with E-state index in [0.717, 1.165) is 58.4 Å². The maximum absolute atomic E-state index is 12.2. The molecule has 1 aliphatic heterocycles. The van der Waals surface area contributed by atoms with E-state index in [1.54, 1.807) is 0 Å². The second kappa shape index (κ2) is 9.37. The molecule has 2 aromatic rings. The van der Waals surface area contributed by atoms with Crippen molar-refractivity contribution in [1.29, 1.82) is 0 Å². The van der Waals surface area contributed by atoms with Crippen LogP contribution in [0.1, 0.15) is 31.2 Å². The van der Waals surface area contributed by atoms with Crippen molar-refractivity contribution in [1.82, 2.24) is 20.4 Å². The Hall–Kier alpha value is -2.44. The standard InChI is InChI=1S/C23H30N4O2/c28-22(25-23(29)24-20-9-2-3-10-20)17-27-14-12-26(13-15-27)16-19-8-5-7-18-6-1-4-11-21(18)19/h1,4-8,11,20H,2-3,9-10,12-17H2,(H2,24,25,28,29).